The summed E-state index contributed by atoms with van der Waals surface area (Å²) in [6, 6.07) is 0. The molecule has 4 heterocycles. The minimum absolute atomic E-state index is 0.0248. The zero-order valence-corrected chi connectivity index (χ0v) is 44.2. The number of methoxy groups -OCH3 is 3. The summed E-state index contributed by atoms with van der Waals surface area (Å²) in [6.07, 6.45) is -4.98. The van der Waals surface area contributed by atoms with E-state index >= 15 is 0 Å². The molecule has 26 atom stereocenters. The monoisotopic (exact) mass is 1030 g/mol. The van der Waals surface area contributed by atoms with Gasteiger partial charge in [0.05, 0.1) is 61.0 Å². The van der Waals surface area contributed by atoms with Gasteiger partial charge >= 0.3 is 5.97 Å². The summed E-state index contributed by atoms with van der Waals surface area (Å²) in [6.45, 7) is 14.8. The molecular formula is C53H86O19. The molecule has 6 N–H and O–H groups in total. The Bertz CT molecular complexity index is 1900. The highest BCUT2D eigenvalue weighted by Crippen LogP contribution is 2.68. The van der Waals surface area contributed by atoms with Gasteiger partial charge in [0.25, 0.3) is 0 Å². The fourth-order valence-corrected chi connectivity index (χ4v) is 14.4. The van der Waals surface area contributed by atoms with Crippen LogP contribution in [0.5, 0.6) is 0 Å². The van der Waals surface area contributed by atoms with Crippen LogP contribution >= 0.6 is 0 Å². The van der Waals surface area contributed by atoms with Crippen molar-refractivity contribution in [2.24, 2.45) is 28.6 Å². The van der Waals surface area contributed by atoms with Gasteiger partial charge in [0, 0.05) is 57.5 Å². The standard InChI is InChI=1S/C53H86O19/c1-12-25(2)49(59)67-26(3)32-16-18-53(60)33-14-13-30-19-31(15-17-51(30,7)34(33)20-39(55)52(32,53)8)68-40-21-35(61-9)46(27(4)64-40)70-41-22-36(62-10)47(28(5)65-41)71-42-23-37(63-11)48(29(6)66-42)72-50-45(58)44(57)43(56)38(24-54)69-50/h12-13,26-29,31-48,50,54-58,60H,14-24H2,1-11H3/b25-12+/t26-,27-,28-,29-,31+,32-,33-,34+,35+,36+,37-,38-,39-,40+,41+,42+,43-,44+,45-,46+,47+,48-,50+,51+,52+,53+/m1/s1. The number of aliphatic hydroxyl groups excluding tert-OH is 5. The number of carbonyl (C=O) groups excluding carboxylic acids is 1. The van der Waals surface area contributed by atoms with Crippen molar-refractivity contribution in [2.75, 3.05) is 27.9 Å². The second-order valence-electron chi connectivity index (χ2n) is 22.6. The Morgan fingerprint density at radius 2 is 1.29 bits per heavy atom. The predicted molar refractivity (Wildman–Crippen MR) is 256 cm³/mol. The van der Waals surface area contributed by atoms with Gasteiger partial charge in [0.1, 0.15) is 48.8 Å². The van der Waals surface area contributed by atoms with Crippen LogP contribution in [0.25, 0.3) is 0 Å². The van der Waals surface area contributed by atoms with Gasteiger partial charge in [0.2, 0.25) is 0 Å². The summed E-state index contributed by atoms with van der Waals surface area (Å²) in [7, 11) is 4.80. The lowest BCUT2D eigenvalue weighted by molar-refractivity contribution is -0.357. The lowest BCUT2D eigenvalue weighted by Gasteiger charge is -2.63. The third-order valence-electron chi connectivity index (χ3n) is 18.9. The second kappa shape index (κ2) is 22.7. The lowest BCUT2D eigenvalue weighted by Crippen LogP contribution is -2.66. The third kappa shape index (κ3) is 10.4. The van der Waals surface area contributed by atoms with Crippen molar-refractivity contribution >= 4 is 5.97 Å². The number of rotatable bonds is 15. The van der Waals surface area contributed by atoms with Crippen molar-refractivity contribution in [1.82, 2.24) is 0 Å². The maximum absolute atomic E-state index is 12.8. The Morgan fingerprint density at radius 3 is 1.82 bits per heavy atom. The first kappa shape index (κ1) is 56.5. The van der Waals surface area contributed by atoms with Crippen molar-refractivity contribution in [2.45, 2.75) is 248 Å². The fraction of sp³-hybridized carbons (Fsp3) is 0.906. The van der Waals surface area contributed by atoms with Gasteiger partial charge in [-0.25, -0.2) is 4.79 Å². The summed E-state index contributed by atoms with van der Waals surface area (Å²) in [5.41, 5.74) is -0.256. The molecule has 7 fully saturated rings. The van der Waals surface area contributed by atoms with Gasteiger partial charge in [-0.15, -0.1) is 0 Å². The SMILES string of the molecule is C/C=C(\C)C(=O)O[C@H](C)[C@H]1CC[C@]2(O)[C@@H]3CC=C4C[C@@H](O[C@H]5C[C@H](OC)[C@@H](O[C@H]6C[C@H](OC)[C@@H](O[C@H]7C[C@@H](OC)[C@H](O[C@@H]8O[C@H](CO)[C@@H](O)[C@H](O)[C@H]8O)[C@@H](C)O7)[C@@H](C)O6)[C@@H](C)O5)CC[C@]4(C)[C@H]3C[C@@H](O)[C@]12C. The average molecular weight is 1030 g/mol. The summed E-state index contributed by atoms with van der Waals surface area (Å²) in [4.78, 5) is 12.8. The maximum Gasteiger partial charge on any atom is 0.333 e. The zero-order chi connectivity index (χ0) is 52.2. The highest BCUT2D eigenvalue weighted by molar-refractivity contribution is 5.87. The number of aliphatic hydroxyl groups is 6. The molecule has 0 bridgehead atoms. The number of esters is 1. The molecule has 8 rings (SSSR count). The van der Waals surface area contributed by atoms with Gasteiger partial charge in [-0.2, -0.15) is 0 Å². The molecule has 4 saturated heterocycles. The summed E-state index contributed by atoms with van der Waals surface area (Å²) < 4.78 is 74.6. The van der Waals surface area contributed by atoms with E-state index in [2.05, 4.69) is 13.0 Å². The van der Waals surface area contributed by atoms with Crippen LogP contribution in [0.4, 0.5) is 0 Å². The van der Waals surface area contributed by atoms with E-state index in [1.165, 1.54) is 12.7 Å². The normalized spacial score (nSPS) is 50.3. The number of fused-ring (bicyclic) bond motifs is 5. The van der Waals surface area contributed by atoms with Crippen LogP contribution in [-0.2, 0) is 61.6 Å². The first-order valence-corrected chi connectivity index (χ1v) is 26.6. The Morgan fingerprint density at radius 1 is 0.750 bits per heavy atom. The molecule has 0 aromatic rings. The molecule has 0 amide bonds. The number of carbonyl (C=O) groups is 1. The van der Waals surface area contributed by atoms with Crippen LogP contribution in [0.3, 0.4) is 0 Å². The molecule has 0 unspecified atom stereocenters. The topological polar surface area (TPSA) is 249 Å². The number of ether oxygens (including phenoxy) is 12. The molecule has 19 heteroatoms. The van der Waals surface area contributed by atoms with E-state index in [0.717, 1.165) is 25.7 Å². The minimum Gasteiger partial charge on any atom is -0.459 e. The minimum atomic E-state index is -1.59. The highest BCUT2D eigenvalue weighted by atomic mass is 16.8. The van der Waals surface area contributed by atoms with Crippen molar-refractivity contribution in [3.8, 4) is 0 Å². The van der Waals surface area contributed by atoms with Crippen LogP contribution in [0.2, 0.25) is 0 Å². The van der Waals surface area contributed by atoms with Gasteiger partial charge in [-0.3, -0.25) is 0 Å². The average Bonchev–Trinajstić information content (AvgIpc) is 3.65. The smallest absolute Gasteiger partial charge is 0.333 e. The summed E-state index contributed by atoms with van der Waals surface area (Å²) in [5.74, 6) is -0.459. The molecule has 0 radical (unpaired) electrons. The van der Waals surface area contributed by atoms with E-state index in [0.29, 0.717) is 37.7 Å². The van der Waals surface area contributed by atoms with E-state index in [4.69, 9.17) is 56.8 Å². The van der Waals surface area contributed by atoms with Crippen LogP contribution in [0.1, 0.15) is 120 Å². The number of allylic oxidation sites excluding steroid dienone is 2. The van der Waals surface area contributed by atoms with E-state index < -0.39 is 128 Å². The first-order chi connectivity index (χ1) is 34.1. The van der Waals surface area contributed by atoms with Crippen LogP contribution in [0, 0.1) is 28.6 Å². The molecule has 72 heavy (non-hydrogen) atoms. The zero-order valence-electron chi connectivity index (χ0n) is 44.2. The van der Waals surface area contributed by atoms with E-state index in [-0.39, 0.29) is 47.8 Å². The molecule has 19 nitrogen and oxygen atoms in total. The third-order valence-corrected chi connectivity index (χ3v) is 18.9. The summed E-state index contributed by atoms with van der Waals surface area (Å²) >= 11 is 0. The van der Waals surface area contributed by atoms with Gasteiger partial charge in [0.15, 0.2) is 25.2 Å². The van der Waals surface area contributed by atoms with Crippen LogP contribution in [0.15, 0.2) is 23.3 Å². The van der Waals surface area contributed by atoms with Crippen LogP contribution in [-0.4, -0.2) is 193 Å². The van der Waals surface area contributed by atoms with Crippen LogP contribution < -0.4 is 0 Å². The maximum atomic E-state index is 12.8. The van der Waals surface area contributed by atoms with E-state index in [1.54, 1.807) is 34.1 Å². The Hall–Kier alpha value is -1.73. The van der Waals surface area contributed by atoms with Crippen molar-refractivity contribution in [3.63, 3.8) is 0 Å². The van der Waals surface area contributed by atoms with Gasteiger partial charge < -0.3 is 87.5 Å². The highest BCUT2D eigenvalue weighted by Gasteiger charge is 2.70. The number of hydrogen-bond acceptors (Lipinski definition) is 19. The molecule has 4 aliphatic carbocycles. The quantitative estimate of drug-likeness (QED) is 0.0782. The van der Waals surface area contributed by atoms with Gasteiger partial charge in [-0.05, 0) is 104 Å². The van der Waals surface area contributed by atoms with Crippen molar-refractivity contribution < 1.29 is 92.3 Å². The Balaban J connectivity index is 0.837. The van der Waals surface area contributed by atoms with E-state index in [1.807, 2.05) is 34.6 Å². The molecule has 3 saturated carbocycles. The lowest BCUT2D eigenvalue weighted by atomic mass is 9.45. The largest absolute Gasteiger partial charge is 0.459 e. The van der Waals surface area contributed by atoms with Crippen molar-refractivity contribution in [3.05, 3.63) is 23.3 Å². The first-order valence-electron chi connectivity index (χ1n) is 26.6. The van der Waals surface area contributed by atoms with Gasteiger partial charge in [-0.1, -0.05) is 31.6 Å². The molecule has 412 valence electrons. The summed E-state index contributed by atoms with van der Waals surface area (Å²) in [5, 5.41) is 65.6. The Kier molecular flexibility index (Phi) is 17.8. The predicted octanol–water partition coefficient (Wildman–Crippen LogP) is 3.34. The fourth-order valence-electron chi connectivity index (χ4n) is 14.4. The molecule has 8 aliphatic rings. The molecule has 0 spiro atoms. The molecule has 0 aromatic heterocycles. The van der Waals surface area contributed by atoms with Crippen molar-refractivity contribution in [1.29, 1.82) is 0 Å². The molecule has 0 aromatic carbocycles. The molecule has 4 aliphatic heterocycles. The Labute approximate surface area is 425 Å². The second-order valence-corrected chi connectivity index (χ2v) is 22.6. The number of hydrogen-bond donors (Lipinski definition) is 6. The molecular weight excluding hydrogens is 941 g/mol. The van der Waals surface area contributed by atoms with E-state index in [9.17, 15) is 35.4 Å².